The number of carbonyl (C=O) groups excluding carboxylic acids is 1. The van der Waals surface area contributed by atoms with Crippen molar-refractivity contribution in [1.29, 1.82) is 0 Å². The van der Waals surface area contributed by atoms with Gasteiger partial charge in [0.2, 0.25) is 0 Å². The van der Waals surface area contributed by atoms with Crippen molar-refractivity contribution < 1.29 is 14.7 Å². The number of aliphatic carboxylic acids is 1. The van der Waals surface area contributed by atoms with E-state index in [-0.39, 0.29) is 12.5 Å². The fourth-order valence-electron chi connectivity index (χ4n) is 3.31. The molecular weight excluding hydrogens is 304 g/mol. The summed E-state index contributed by atoms with van der Waals surface area (Å²) >= 11 is 5.99. The van der Waals surface area contributed by atoms with Crippen molar-refractivity contribution in [3.63, 3.8) is 0 Å². The lowest BCUT2D eigenvalue weighted by Gasteiger charge is -2.38. The standard InChI is InChI=1S/C16H17ClN2O3/c17-12-6-4-5-11(9-12)14-15(22)19(10-13(20)21)16(18-14)7-2-1-3-8-16/h4-6,9H,1-3,7-8,10H2,(H,20,21). The molecule has 0 radical (unpaired) electrons. The van der Waals surface area contributed by atoms with Crippen LogP contribution in [0.1, 0.15) is 37.7 Å². The van der Waals surface area contributed by atoms with Gasteiger partial charge in [0.1, 0.15) is 17.9 Å². The van der Waals surface area contributed by atoms with Crippen molar-refractivity contribution in [3.8, 4) is 0 Å². The molecule has 0 unspecified atom stereocenters. The van der Waals surface area contributed by atoms with Gasteiger partial charge in [-0.05, 0) is 37.8 Å². The molecule has 1 amide bonds. The highest BCUT2D eigenvalue weighted by atomic mass is 35.5. The molecule has 1 aromatic rings. The Kier molecular flexibility index (Phi) is 3.91. The van der Waals surface area contributed by atoms with Gasteiger partial charge >= 0.3 is 5.97 Å². The summed E-state index contributed by atoms with van der Waals surface area (Å²) in [6.45, 7) is -0.313. The highest BCUT2D eigenvalue weighted by Gasteiger charge is 2.48. The predicted octanol–water partition coefficient (Wildman–Crippen LogP) is 2.72. The molecule has 1 saturated carbocycles. The summed E-state index contributed by atoms with van der Waals surface area (Å²) in [5.74, 6) is -1.33. The maximum absolute atomic E-state index is 12.7. The van der Waals surface area contributed by atoms with E-state index < -0.39 is 11.6 Å². The molecule has 0 saturated heterocycles. The molecule has 22 heavy (non-hydrogen) atoms. The summed E-state index contributed by atoms with van der Waals surface area (Å²) in [5, 5.41) is 9.67. The van der Waals surface area contributed by atoms with Gasteiger partial charge < -0.3 is 10.0 Å². The quantitative estimate of drug-likeness (QED) is 0.931. The van der Waals surface area contributed by atoms with Gasteiger partial charge in [-0.2, -0.15) is 0 Å². The zero-order chi connectivity index (χ0) is 15.7. The van der Waals surface area contributed by atoms with Crippen LogP contribution in [-0.2, 0) is 9.59 Å². The Balaban J connectivity index is 2.02. The Hall–Kier alpha value is -1.88. The highest BCUT2D eigenvalue weighted by molar-refractivity contribution is 6.47. The Morgan fingerprint density at radius 1 is 1.32 bits per heavy atom. The van der Waals surface area contributed by atoms with Crippen LogP contribution < -0.4 is 0 Å². The number of benzene rings is 1. The molecule has 1 aliphatic heterocycles. The maximum Gasteiger partial charge on any atom is 0.323 e. The fourth-order valence-corrected chi connectivity index (χ4v) is 3.50. The lowest BCUT2D eigenvalue weighted by Crippen LogP contribution is -2.50. The summed E-state index contributed by atoms with van der Waals surface area (Å²) in [6.07, 6.45) is 4.44. The first kappa shape index (κ1) is 15.0. The van der Waals surface area contributed by atoms with Crippen LogP contribution >= 0.6 is 11.6 Å². The van der Waals surface area contributed by atoms with Crippen molar-refractivity contribution in [3.05, 3.63) is 34.9 Å². The van der Waals surface area contributed by atoms with E-state index in [0.29, 0.717) is 16.3 Å². The number of carboxylic acids is 1. The van der Waals surface area contributed by atoms with Gasteiger partial charge in [0.25, 0.3) is 5.91 Å². The zero-order valence-electron chi connectivity index (χ0n) is 12.1. The smallest absolute Gasteiger partial charge is 0.323 e. The van der Waals surface area contributed by atoms with Crippen LogP contribution in [-0.4, -0.2) is 39.8 Å². The number of carbonyl (C=O) groups is 2. The molecule has 1 fully saturated rings. The summed E-state index contributed by atoms with van der Waals surface area (Å²) in [5.41, 5.74) is 0.284. The van der Waals surface area contributed by atoms with Crippen molar-refractivity contribution in [1.82, 2.24) is 4.90 Å². The Morgan fingerprint density at radius 3 is 2.68 bits per heavy atom. The van der Waals surface area contributed by atoms with Crippen LogP contribution in [0, 0.1) is 0 Å². The number of hydrogen-bond acceptors (Lipinski definition) is 3. The molecule has 0 bridgehead atoms. The molecule has 3 rings (SSSR count). The van der Waals surface area contributed by atoms with E-state index in [4.69, 9.17) is 16.7 Å². The van der Waals surface area contributed by atoms with Crippen LogP contribution in [0.3, 0.4) is 0 Å². The van der Waals surface area contributed by atoms with Crippen molar-refractivity contribution in [2.45, 2.75) is 37.8 Å². The number of nitrogens with zero attached hydrogens (tertiary/aromatic N) is 2. The number of aliphatic imine (C=N–C) groups is 1. The molecule has 6 heteroatoms. The minimum absolute atomic E-state index is 0.313. The molecule has 1 heterocycles. The summed E-state index contributed by atoms with van der Waals surface area (Å²) in [4.78, 5) is 30.0. The molecule has 0 aromatic heterocycles. The second-order valence-corrected chi connectivity index (χ2v) is 6.24. The Morgan fingerprint density at radius 2 is 2.05 bits per heavy atom. The van der Waals surface area contributed by atoms with Gasteiger partial charge in [-0.15, -0.1) is 0 Å². The summed E-state index contributed by atoms with van der Waals surface area (Å²) < 4.78 is 0. The topological polar surface area (TPSA) is 70.0 Å². The Labute approximate surface area is 133 Å². The average molecular weight is 321 g/mol. The molecule has 116 valence electrons. The third-order valence-electron chi connectivity index (χ3n) is 4.32. The van der Waals surface area contributed by atoms with Crippen molar-refractivity contribution in [2.24, 2.45) is 4.99 Å². The molecule has 1 spiro atoms. The van der Waals surface area contributed by atoms with Crippen LogP contribution in [0.4, 0.5) is 0 Å². The van der Waals surface area contributed by atoms with Crippen molar-refractivity contribution >= 4 is 29.2 Å². The van der Waals surface area contributed by atoms with E-state index in [0.717, 1.165) is 32.1 Å². The first-order valence-corrected chi connectivity index (χ1v) is 7.79. The normalized spacial score (nSPS) is 20.3. The van der Waals surface area contributed by atoms with Gasteiger partial charge in [0.15, 0.2) is 0 Å². The van der Waals surface area contributed by atoms with E-state index in [2.05, 4.69) is 4.99 Å². The number of carboxylic acid groups (broad SMARTS) is 1. The summed E-state index contributed by atoms with van der Waals surface area (Å²) in [7, 11) is 0. The van der Waals surface area contributed by atoms with Crippen molar-refractivity contribution in [2.75, 3.05) is 6.54 Å². The second kappa shape index (κ2) is 5.72. The van der Waals surface area contributed by atoms with E-state index in [1.165, 1.54) is 4.90 Å². The minimum atomic E-state index is -1.01. The van der Waals surface area contributed by atoms with Gasteiger partial charge in [-0.3, -0.25) is 14.6 Å². The first-order valence-electron chi connectivity index (χ1n) is 7.41. The van der Waals surface area contributed by atoms with Crippen LogP contribution in [0.2, 0.25) is 5.02 Å². The molecular formula is C16H17ClN2O3. The lowest BCUT2D eigenvalue weighted by molar-refractivity contribution is -0.145. The molecule has 1 aliphatic carbocycles. The van der Waals surface area contributed by atoms with Crippen LogP contribution in [0.15, 0.2) is 29.3 Å². The Bertz CT molecular complexity index is 651. The minimum Gasteiger partial charge on any atom is -0.480 e. The predicted molar refractivity (Wildman–Crippen MR) is 83.2 cm³/mol. The third kappa shape index (κ3) is 2.61. The van der Waals surface area contributed by atoms with E-state index in [9.17, 15) is 9.59 Å². The van der Waals surface area contributed by atoms with E-state index >= 15 is 0 Å². The van der Waals surface area contributed by atoms with Crippen LogP contribution in [0.5, 0.6) is 0 Å². The number of amides is 1. The number of rotatable bonds is 3. The summed E-state index contributed by atoms with van der Waals surface area (Å²) in [6, 6.07) is 6.97. The number of halogens is 1. The van der Waals surface area contributed by atoms with Crippen LogP contribution in [0.25, 0.3) is 0 Å². The molecule has 1 N–H and O–H groups in total. The largest absolute Gasteiger partial charge is 0.480 e. The van der Waals surface area contributed by atoms with E-state index in [1.807, 2.05) is 0 Å². The lowest BCUT2D eigenvalue weighted by atomic mass is 9.88. The SMILES string of the molecule is O=C(O)CN1C(=O)C(c2cccc(Cl)c2)=NC12CCCCC2. The maximum atomic E-state index is 12.7. The third-order valence-corrected chi connectivity index (χ3v) is 4.55. The fraction of sp³-hybridized carbons (Fsp3) is 0.438. The van der Waals surface area contributed by atoms with Gasteiger partial charge in [0.05, 0.1) is 0 Å². The average Bonchev–Trinajstić information content (AvgIpc) is 2.74. The number of hydrogen-bond donors (Lipinski definition) is 1. The van der Waals surface area contributed by atoms with E-state index in [1.54, 1.807) is 24.3 Å². The van der Waals surface area contributed by atoms with Gasteiger partial charge in [0, 0.05) is 10.6 Å². The molecule has 0 atom stereocenters. The first-order chi connectivity index (χ1) is 10.5. The van der Waals surface area contributed by atoms with Gasteiger partial charge in [-0.25, -0.2) is 0 Å². The molecule has 5 nitrogen and oxygen atoms in total. The second-order valence-electron chi connectivity index (χ2n) is 5.80. The molecule has 1 aromatic carbocycles. The zero-order valence-corrected chi connectivity index (χ0v) is 12.8. The van der Waals surface area contributed by atoms with Gasteiger partial charge in [-0.1, -0.05) is 30.2 Å². The highest BCUT2D eigenvalue weighted by Crippen LogP contribution is 2.39. The molecule has 2 aliphatic rings. The monoisotopic (exact) mass is 320 g/mol.